The molecule has 1 aliphatic heterocycles. The van der Waals surface area contributed by atoms with E-state index in [1.165, 1.54) is 10.7 Å². The van der Waals surface area contributed by atoms with Crippen LogP contribution in [0.3, 0.4) is 0 Å². The molecule has 2 aromatic heterocycles. The Morgan fingerprint density at radius 1 is 1.47 bits per heavy atom. The van der Waals surface area contributed by atoms with Crippen molar-refractivity contribution in [3.63, 3.8) is 0 Å². The third-order valence-corrected chi connectivity index (χ3v) is 3.44. The SMILES string of the molecule is O=c1cccnn1CC1CCCN1Cc1cnon1. The molecule has 0 spiro atoms. The van der Waals surface area contributed by atoms with Gasteiger partial charge in [-0.2, -0.15) is 5.10 Å². The Kier molecular flexibility index (Phi) is 3.37. The molecular formula is C12H15N5O2. The fourth-order valence-corrected chi connectivity index (χ4v) is 2.50. The molecule has 0 amide bonds. The van der Waals surface area contributed by atoms with Gasteiger partial charge < -0.3 is 0 Å². The van der Waals surface area contributed by atoms with Crippen molar-refractivity contribution < 1.29 is 4.63 Å². The minimum Gasteiger partial charge on any atom is -0.293 e. The van der Waals surface area contributed by atoms with Crippen molar-refractivity contribution >= 4 is 0 Å². The highest BCUT2D eigenvalue weighted by molar-refractivity contribution is 4.93. The topological polar surface area (TPSA) is 77.0 Å². The van der Waals surface area contributed by atoms with Crippen LogP contribution in [0.15, 0.2) is 33.9 Å². The molecule has 3 heterocycles. The first-order valence-electron chi connectivity index (χ1n) is 6.35. The quantitative estimate of drug-likeness (QED) is 0.787. The van der Waals surface area contributed by atoms with E-state index in [1.807, 2.05) is 0 Å². The van der Waals surface area contributed by atoms with Crippen LogP contribution in [0, 0.1) is 0 Å². The second-order valence-corrected chi connectivity index (χ2v) is 4.71. The number of hydrogen-bond acceptors (Lipinski definition) is 6. The minimum absolute atomic E-state index is 0.0579. The highest BCUT2D eigenvalue weighted by Gasteiger charge is 2.26. The average molecular weight is 261 g/mol. The van der Waals surface area contributed by atoms with Crippen molar-refractivity contribution in [2.75, 3.05) is 6.54 Å². The number of hydrogen-bond donors (Lipinski definition) is 0. The summed E-state index contributed by atoms with van der Waals surface area (Å²) in [7, 11) is 0. The first kappa shape index (κ1) is 12.0. The maximum Gasteiger partial charge on any atom is 0.266 e. The Morgan fingerprint density at radius 2 is 2.42 bits per heavy atom. The fourth-order valence-electron chi connectivity index (χ4n) is 2.50. The van der Waals surface area contributed by atoms with Crippen molar-refractivity contribution in [2.45, 2.75) is 32.0 Å². The summed E-state index contributed by atoms with van der Waals surface area (Å²) in [5, 5.41) is 11.5. The van der Waals surface area contributed by atoms with Crippen molar-refractivity contribution in [1.29, 1.82) is 0 Å². The number of rotatable bonds is 4. The largest absolute Gasteiger partial charge is 0.293 e. The summed E-state index contributed by atoms with van der Waals surface area (Å²) in [6, 6.07) is 3.50. The molecule has 0 aromatic carbocycles. The van der Waals surface area contributed by atoms with E-state index >= 15 is 0 Å². The molecular weight excluding hydrogens is 246 g/mol. The Labute approximate surface area is 109 Å². The van der Waals surface area contributed by atoms with Gasteiger partial charge in [-0.1, -0.05) is 10.3 Å². The van der Waals surface area contributed by atoms with E-state index in [2.05, 4.69) is 24.9 Å². The van der Waals surface area contributed by atoms with Gasteiger partial charge in [0.1, 0.15) is 5.69 Å². The summed E-state index contributed by atoms with van der Waals surface area (Å²) in [4.78, 5) is 14.0. The molecule has 0 saturated carbocycles. The van der Waals surface area contributed by atoms with Crippen LogP contribution in [0.1, 0.15) is 18.5 Å². The van der Waals surface area contributed by atoms with Crippen LogP contribution in [-0.4, -0.2) is 37.6 Å². The van der Waals surface area contributed by atoms with Gasteiger partial charge in [0.15, 0.2) is 0 Å². The van der Waals surface area contributed by atoms with E-state index in [4.69, 9.17) is 0 Å². The van der Waals surface area contributed by atoms with Gasteiger partial charge in [0, 0.05) is 24.8 Å². The Bertz CT molecular complexity index is 580. The first-order valence-corrected chi connectivity index (χ1v) is 6.35. The molecule has 7 nitrogen and oxygen atoms in total. The van der Waals surface area contributed by atoms with Crippen LogP contribution in [0.2, 0.25) is 0 Å². The molecule has 0 aliphatic carbocycles. The predicted octanol–water partition coefficient (Wildman–Crippen LogP) is 0.291. The van der Waals surface area contributed by atoms with E-state index in [0.29, 0.717) is 19.1 Å². The van der Waals surface area contributed by atoms with E-state index in [-0.39, 0.29) is 5.56 Å². The van der Waals surface area contributed by atoms with Crippen LogP contribution in [-0.2, 0) is 13.1 Å². The van der Waals surface area contributed by atoms with Gasteiger partial charge in [0.2, 0.25) is 0 Å². The normalized spacial score (nSPS) is 19.9. The zero-order chi connectivity index (χ0) is 13.1. The number of aromatic nitrogens is 4. The summed E-state index contributed by atoms with van der Waals surface area (Å²) in [5.41, 5.74) is 0.762. The highest BCUT2D eigenvalue weighted by Crippen LogP contribution is 2.20. The molecule has 1 unspecified atom stereocenters. The van der Waals surface area contributed by atoms with E-state index < -0.39 is 0 Å². The first-order chi connectivity index (χ1) is 9.33. The van der Waals surface area contributed by atoms with E-state index in [9.17, 15) is 4.79 Å². The van der Waals surface area contributed by atoms with Gasteiger partial charge in [0.25, 0.3) is 5.56 Å². The van der Waals surface area contributed by atoms with Crippen LogP contribution in [0.5, 0.6) is 0 Å². The standard InChI is InChI=1S/C12H15N5O2/c18-12-4-1-5-13-17(12)9-11-3-2-6-16(11)8-10-7-14-19-15-10/h1,4-5,7,11H,2-3,6,8-9H2. The smallest absolute Gasteiger partial charge is 0.266 e. The average Bonchev–Trinajstić information content (AvgIpc) is 3.06. The molecule has 1 saturated heterocycles. The molecule has 2 aromatic rings. The summed E-state index contributed by atoms with van der Waals surface area (Å²) < 4.78 is 6.12. The monoisotopic (exact) mass is 261 g/mol. The van der Waals surface area contributed by atoms with Crippen molar-refractivity contribution in [1.82, 2.24) is 25.0 Å². The van der Waals surface area contributed by atoms with Crippen LogP contribution in [0.25, 0.3) is 0 Å². The molecule has 0 bridgehead atoms. The van der Waals surface area contributed by atoms with Gasteiger partial charge in [-0.25, -0.2) is 9.31 Å². The second-order valence-electron chi connectivity index (χ2n) is 4.71. The van der Waals surface area contributed by atoms with Gasteiger partial charge in [-0.3, -0.25) is 9.69 Å². The second kappa shape index (κ2) is 5.31. The third-order valence-electron chi connectivity index (χ3n) is 3.44. The highest BCUT2D eigenvalue weighted by atomic mass is 16.6. The summed E-state index contributed by atoms with van der Waals surface area (Å²) in [6.07, 6.45) is 5.45. The predicted molar refractivity (Wildman–Crippen MR) is 66.2 cm³/mol. The third kappa shape index (κ3) is 2.70. The molecule has 0 radical (unpaired) electrons. The van der Waals surface area contributed by atoms with Crippen molar-refractivity contribution in [2.24, 2.45) is 0 Å². The lowest BCUT2D eigenvalue weighted by atomic mass is 10.2. The Morgan fingerprint density at radius 3 is 3.21 bits per heavy atom. The molecule has 1 atom stereocenters. The minimum atomic E-state index is -0.0579. The fraction of sp³-hybridized carbons (Fsp3) is 0.500. The molecule has 0 N–H and O–H groups in total. The number of nitrogens with zero attached hydrogens (tertiary/aromatic N) is 5. The van der Waals surface area contributed by atoms with Crippen molar-refractivity contribution in [3.8, 4) is 0 Å². The van der Waals surface area contributed by atoms with Crippen LogP contribution in [0.4, 0.5) is 0 Å². The van der Waals surface area contributed by atoms with Gasteiger partial charge in [0.05, 0.1) is 12.7 Å². The zero-order valence-corrected chi connectivity index (χ0v) is 10.5. The Balaban J connectivity index is 1.70. The number of likely N-dealkylation sites (tertiary alicyclic amines) is 1. The van der Waals surface area contributed by atoms with Crippen LogP contribution >= 0.6 is 0 Å². The maximum absolute atomic E-state index is 11.7. The lowest BCUT2D eigenvalue weighted by Gasteiger charge is -2.23. The molecule has 1 aliphatic rings. The molecule has 19 heavy (non-hydrogen) atoms. The lowest BCUT2D eigenvalue weighted by Crippen LogP contribution is -2.36. The summed E-state index contributed by atoms with van der Waals surface area (Å²) >= 11 is 0. The van der Waals surface area contributed by atoms with Gasteiger partial charge >= 0.3 is 0 Å². The zero-order valence-electron chi connectivity index (χ0n) is 10.5. The summed E-state index contributed by atoms with van der Waals surface area (Å²) in [6.45, 7) is 2.32. The van der Waals surface area contributed by atoms with Crippen molar-refractivity contribution in [3.05, 3.63) is 40.6 Å². The van der Waals surface area contributed by atoms with Crippen LogP contribution < -0.4 is 5.56 Å². The lowest BCUT2D eigenvalue weighted by molar-refractivity contribution is 0.209. The Hall–Kier alpha value is -2.02. The maximum atomic E-state index is 11.7. The van der Waals surface area contributed by atoms with Gasteiger partial charge in [-0.05, 0) is 25.5 Å². The molecule has 7 heteroatoms. The van der Waals surface area contributed by atoms with E-state index in [0.717, 1.165) is 25.1 Å². The van der Waals surface area contributed by atoms with Gasteiger partial charge in [-0.15, -0.1) is 0 Å². The molecule has 100 valence electrons. The summed E-state index contributed by atoms with van der Waals surface area (Å²) in [5.74, 6) is 0. The molecule has 1 fully saturated rings. The molecule has 3 rings (SSSR count). The van der Waals surface area contributed by atoms with E-state index in [1.54, 1.807) is 18.5 Å².